The highest BCUT2D eigenvalue weighted by atomic mass is 28.4. The van der Waals surface area contributed by atoms with E-state index in [4.69, 9.17) is 4.74 Å². The van der Waals surface area contributed by atoms with Crippen LogP contribution in [0.4, 0.5) is 0 Å². The highest BCUT2D eigenvalue weighted by molar-refractivity contribution is 6.72. The molecule has 1 heterocycles. The van der Waals surface area contributed by atoms with Gasteiger partial charge in [-0.05, 0) is 85.6 Å². The molecule has 1 aliphatic rings. The van der Waals surface area contributed by atoms with Crippen molar-refractivity contribution in [1.29, 1.82) is 0 Å². The van der Waals surface area contributed by atoms with Crippen LogP contribution >= 0.6 is 0 Å². The summed E-state index contributed by atoms with van der Waals surface area (Å²) in [6, 6.07) is 19.5. The van der Waals surface area contributed by atoms with Gasteiger partial charge in [0, 0.05) is 6.54 Å². The lowest BCUT2D eigenvalue weighted by atomic mass is 9.69. The summed E-state index contributed by atoms with van der Waals surface area (Å²) in [5, 5.41) is 0.0203. The van der Waals surface area contributed by atoms with Crippen molar-refractivity contribution in [2.24, 2.45) is 0 Å². The predicted octanol–water partition coefficient (Wildman–Crippen LogP) is 5.99. The van der Waals surface area contributed by atoms with E-state index in [1.807, 2.05) is 6.07 Å². The molecular formula is C26H39NO2Si. The Kier molecular flexibility index (Phi) is 7.11. The van der Waals surface area contributed by atoms with Crippen LogP contribution in [0.3, 0.4) is 0 Å². The first-order chi connectivity index (χ1) is 14.2. The second-order valence-electron chi connectivity index (χ2n) is 10.2. The van der Waals surface area contributed by atoms with E-state index < -0.39 is 8.32 Å². The molecule has 0 amide bonds. The number of nitrogens with zero attached hydrogens (tertiary/aromatic N) is 1. The smallest absolute Gasteiger partial charge is 0.188 e. The molecule has 164 valence electrons. The lowest BCUT2D eigenvalue weighted by Gasteiger charge is -2.45. The molecule has 1 saturated heterocycles. The summed E-state index contributed by atoms with van der Waals surface area (Å²) < 4.78 is 5.39. The largest absolute Gasteiger partial charge is 0.497 e. The van der Waals surface area contributed by atoms with Gasteiger partial charge in [0.2, 0.25) is 0 Å². The van der Waals surface area contributed by atoms with Crippen LogP contribution in [0.15, 0.2) is 54.6 Å². The molecule has 3 rings (SSSR count). The fourth-order valence-electron chi connectivity index (χ4n) is 4.50. The number of hydrogen-bond donors (Lipinski definition) is 1. The minimum absolute atomic E-state index is 0.0203. The van der Waals surface area contributed by atoms with E-state index in [0.29, 0.717) is 0 Å². The Bertz CT molecular complexity index is 805. The van der Waals surface area contributed by atoms with Crippen molar-refractivity contribution in [1.82, 2.24) is 4.90 Å². The van der Waals surface area contributed by atoms with Crippen molar-refractivity contribution in [2.75, 3.05) is 20.2 Å². The van der Waals surface area contributed by atoms with Crippen LogP contribution in [0.25, 0.3) is 0 Å². The molecule has 4 heteroatoms. The van der Waals surface area contributed by atoms with Gasteiger partial charge in [-0.2, -0.15) is 0 Å². The van der Waals surface area contributed by atoms with E-state index in [2.05, 4.69) is 80.4 Å². The van der Waals surface area contributed by atoms with Crippen LogP contribution in [-0.4, -0.2) is 38.2 Å². The predicted molar refractivity (Wildman–Crippen MR) is 129 cm³/mol. The fraction of sp³-hybridized carbons (Fsp3) is 0.538. The zero-order valence-corrected chi connectivity index (χ0v) is 20.4. The van der Waals surface area contributed by atoms with Crippen LogP contribution in [0, 0.1) is 0 Å². The third-order valence-corrected chi connectivity index (χ3v) is 11.2. The Balaban J connectivity index is 1.72. The molecule has 1 fully saturated rings. The van der Waals surface area contributed by atoms with E-state index in [1.54, 1.807) is 7.11 Å². The Morgan fingerprint density at radius 2 is 1.70 bits per heavy atom. The summed E-state index contributed by atoms with van der Waals surface area (Å²) in [5.41, 5.74) is 3.00. The number of methoxy groups -OCH3 is 1. The molecule has 2 aromatic carbocycles. The maximum absolute atomic E-state index is 10.8. The maximum Gasteiger partial charge on any atom is 0.188 e. The summed E-state index contributed by atoms with van der Waals surface area (Å²) in [6.07, 6.45) is 4.57. The molecule has 0 unspecified atom stereocenters. The normalized spacial score (nSPS) is 17.7. The van der Waals surface area contributed by atoms with Gasteiger partial charge in [0.05, 0.1) is 7.11 Å². The van der Waals surface area contributed by atoms with Gasteiger partial charge in [-0.25, -0.2) is 0 Å². The van der Waals surface area contributed by atoms with Gasteiger partial charge in [-0.1, -0.05) is 56.3 Å². The lowest BCUT2D eigenvalue weighted by molar-refractivity contribution is 0.140. The van der Waals surface area contributed by atoms with E-state index >= 15 is 0 Å². The van der Waals surface area contributed by atoms with Crippen molar-refractivity contribution in [3.63, 3.8) is 0 Å². The number of likely N-dealkylation sites (tertiary alicyclic amines) is 1. The van der Waals surface area contributed by atoms with Crippen LogP contribution in [-0.2, 0) is 12.0 Å². The average molecular weight is 426 g/mol. The van der Waals surface area contributed by atoms with Crippen LogP contribution in [0.5, 0.6) is 5.75 Å². The topological polar surface area (TPSA) is 32.7 Å². The summed E-state index contributed by atoms with van der Waals surface area (Å²) >= 11 is 0. The van der Waals surface area contributed by atoms with Crippen LogP contribution in [0.2, 0.25) is 18.1 Å². The first kappa shape index (κ1) is 23.0. The molecular weight excluding hydrogens is 386 g/mol. The molecule has 1 N–H and O–H groups in total. The molecule has 2 aromatic rings. The second-order valence-corrected chi connectivity index (χ2v) is 14.7. The summed E-state index contributed by atoms with van der Waals surface area (Å²) in [7, 11) is -0.471. The molecule has 0 atom stereocenters. The van der Waals surface area contributed by atoms with Gasteiger partial charge >= 0.3 is 0 Å². The first-order valence-corrected chi connectivity index (χ1v) is 14.2. The Morgan fingerprint density at radius 3 is 2.30 bits per heavy atom. The average Bonchev–Trinajstić information content (AvgIpc) is 2.73. The highest BCUT2D eigenvalue weighted by Gasteiger charge is 2.42. The molecule has 0 bridgehead atoms. The van der Waals surface area contributed by atoms with E-state index in [9.17, 15) is 4.80 Å². The molecule has 0 radical (unpaired) electrons. The quantitative estimate of drug-likeness (QED) is 0.528. The van der Waals surface area contributed by atoms with E-state index in [0.717, 1.165) is 38.2 Å². The molecule has 0 aromatic heterocycles. The number of benzene rings is 2. The third-order valence-electron chi connectivity index (χ3n) is 7.62. The standard InChI is InChI=1S/C26H39NO2Si/c1-25(2,30(4,5)28)14-15-26(23-11-7-6-8-12-23)16-18-27(19-17-26)21-22-10-9-13-24(20-22)29-3/h6-13,20,28H,14-19,21H2,1-5H3. The molecule has 3 nitrogen and oxygen atoms in total. The number of ether oxygens (including phenoxy) is 1. The molecule has 30 heavy (non-hydrogen) atoms. The van der Waals surface area contributed by atoms with Crippen molar-refractivity contribution < 1.29 is 9.53 Å². The summed E-state index contributed by atoms with van der Waals surface area (Å²) in [5.74, 6) is 0.932. The van der Waals surface area contributed by atoms with E-state index in [-0.39, 0.29) is 10.5 Å². The van der Waals surface area contributed by atoms with Crippen molar-refractivity contribution in [3.8, 4) is 5.75 Å². The minimum atomic E-state index is -2.20. The van der Waals surface area contributed by atoms with Crippen molar-refractivity contribution in [3.05, 3.63) is 65.7 Å². The number of piperidine rings is 1. The summed E-state index contributed by atoms with van der Waals surface area (Å²) in [4.78, 5) is 13.4. The zero-order valence-electron chi connectivity index (χ0n) is 19.4. The second kappa shape index (κ2) is 9.25. The molecule has 0 aliphatic carbocycles. The van der Waals surface area contributed by atoms with Gasteiger partial charge in [0.1, 0.15) is 5.75 Å². The molecule has 1 aliphatic heterocycles. The van der Waals surface area contributed by atoms with Crippen molar-refractivity contribution >= 4 is 8.32 Å². The Hall–Kier alpha value is -1.62. The van der Waals surface area contributed by atoms with Crippen LogP contribution in [0.1, 0.15) is 50.7 Å². The molecule has 0 spiro atoms. The van der Waals surface area contributed by atoms with Gasteiger partial charge < -0.3 is 9.53 Å². The lowest BCUT2D eigenvalue weighted by Crippen LogP contribution is -2.44. The fourth-order valence-corrected chi connectivity index (χ4v) is 5.24. The molecule has 0 saturated carbocycles. The SMILES string of the molecule is COc1cccc(CN2CCC(CCC(C)(C)[Si](C)(C)O)(c3ccccc3)CC2)c1. The zero-order chi connectivity index (χ0) is 21.8. The number of hydrogen-bond acceptors (Lipinski definition) is 3. The monoisotopic (exact) mass is 425 g/mol. The van der Waals surface area contributed by atoms with Crippen molar-refractivity contribution in [2.45, 2.75) is 69.6 Å². The van der Waals surface area contributed by atoms with Gasteiger partial charge in [-0.3, -0.25) is 4.90 Å². The Labute approximate surface area is 184 Å². The Morgan fingerprint density at radius 1 is 1.03 bits per heavy atom. The summed E-state index contributed by atoms with van der Waals surface area (Å²) in [6.45, 7) is 11.9. The number of rotatable bonds is 8. The third kappa shape index (κ3) is 5.34. The van der Waals surface area contributed by atoms with Gasteiger partial charge in [-0.15, -0.1) is 0 Å². The van der Waals surface area contributed by atoms with E-state index in [1.165, 1.54) is 24.0 Å². The van der Waals surface area contributed by atoms with Crippen LogP contribution < -0.4 is 4.74 Å². The van der Waals surface area contributed by atoms with Gasteiger partial charge in [0.25, 0.3) is 0 Å². The minimum Gasteiger partial charge on any atom is -0.497 e. The maximum atomic E-state index is 10.8. The van der Waals surface area contributed by atoms with Gasteiger partial charge in [0.15, 0.2) is 8.32 Å². The first-order valence-electron chi connectivity index (χ1n) is 11.3. The highest BCUT2D eigenvalue weighted by Crippen LogP contribution is 2.47.